The number of anilines is 1. The number of hydrogen-bond donors (Lipinski definition) is 5. The normalized spacial score (nSPS) is 9.17. The van der Waals surface area contributed by atoms with Crippen LogP contribution in [-0.4, -0.2) is 26.6 Å². The van der Waals surface area contributed by atoms with E-state index in [1.165, 1.54) is 16.8 Å². The Balaban J connectivity index is 0. The van der Waals surface area contributed by atoms with Crippen molar-refractivity contribution >= 4 is 22.2 Å². The van der Waals surface area contributed by atoms with Gasteiger partial charge in [0.1, 0.15) is 0 Å². The van der Waals surface area contributed by atoms with Crippen molar-refractivity contribution in [3.05, 3.63) is 29.3 Å². The summed E-state index contributed by atoms with van der Waals surface area (Å²) < 4.78 is 17.5. The predicted molar refractivity (Wildman–Crippen MR) is 72.3 cm³/mol. The molecule has 0 saturated carbocycles. The first kappa shape index (κ1) is 19.7. The highest BCUT2D eigenvalue weighted by molar-refractivity contribution is 7.31. The van der Waals surface area contributed by atoms with Crippen LogP contribution in [0.25, 0.3) is 0 Å². The topological polar surface area (TPSA) is 127 Å². The molecule has 0 atom stereocenters. The Morgan fingerprint density at radius 1 is 0.944 bits per heavy atom. The Morgan fingerprint density at radius 3 is 1.61 bits per heavy atom. The first-order chi connectivity index (χ1) is 8.20. The smallest absolute Gasteiger partial charge is 0.314 e. The zero-order valence-corrected chi connectivity index (χ0v) is 12.3. The number of rotatable bonds is 1. The van der Waals surface area contributed by atoms with Gasteiger partial charge in [-0.1, -0.05) is 6.07 Å². The molecule has 1 rings (SSSR count). The van der Waals surface area contributed by atoms with Crippen molar-refractivity contribution in [2.45, 2.75) is 13.8 Å². The zero-order chi connectivity index (χ0) is 14.7. The van der Waals surface area contributed by atoms with E-state index < -0.39 is 16.5 Å². The van der Waals surface area contributed by atoms with Gasteiger partial charge >= 0.3 is 16.5 Å². The summed E-state index contributed by atoms with van der Waals surface area (Å²) in [5.41, 5.74) is 3.87. The van der Waals surface area contributed by atoms with Gasteiger partial charge in [-0.2, -0.15) is 0 Å². The van der Waals surface area contributed by atoms with Gasteiger partial charge in [0, 0.05) is 12.7 Å². The van der Waals surface area contributed by atoms with Crippen molar-refractivity contribution in [2.24, 2.45) is 0 Å². The van der Waals surface area contributed by atoms with Crippen LogP contribution in [0.15, 0.2) is 18.2 Å². The molecule has 18 heavy (non-hydrogen) atoms. The minimum absolute atomic E-state index is 1.18. The summed E-state index contributed by atoms with van der Waals surface area (Å²) in [5, 5.41) is 3.10. The highest BCUT2D eigenvalue weighted by Crippen LogP contribution is 2.12. The Hall–Kier alpha value is -0.680. The van der Waals surface area contributed by atoms with Gasteiger partial charge < -0.3 is 24.9 Å². The highest BCUT2D eigenvalue weighted by Gasteiger charge is 1.91. The summed E-state index contributed by atoms with van der Waals surface area (Å²) in [6.07, 6.45) is 0. The molecule has 0 heterocycles. The minimum Gasteiger partial charge on any atom is -0.388 e. The Kier molecular flexibility index (Phi) is 12.5. The highest BCUT2D eigenvalue weighted by atomic mass is 31.1. The average molecular weight is 299 g/mol. The van der Waals surface area contributed by atoms with Gasteiger partial charge in [-0.25, -0.2) is 0 Å². The summed E-state index contributed by atoms with van der Waals surface area (Å²) in [6, 6.07) is 6.36. The third-order valence-electron chi connectivity index (χ3n) is 1.80. The molecular formula is C9H19NO6P2. The largest absolute Gasteiger partial charge is 0.388 e. The monoisotopic (exact) mass is 299 g/mol. The summed E-state index contributed by atoms with van der Waals surface area (Å²) >= 11 is 0. The lowest BCUT2D eigenvalue weighted by atomic mass is 10.1. The van der Waals surface area contributed by atoms with Crippen LogP contribution in [0.4, 0.5) is 5.69 Å². The molecule has 0 saturated heterocycles. The van der Waals surface area contributed by atoms with Crippen molar-refractivity contribution < 1.29 is 28.7 Å². The second-order valence-electron chi connectivity index (χ2n) is 3.11. The van der Waals surface area contributed by atoms with Gasteiger partial charge in [0.15, 0.2) is 0 Å². The molecule has 0 aliphatic rings. The fraction of sp³-hybridized carbons (Fsp3) is 0.333. The number of aryl methyl sites for hydroxylation is 2. The molecule has 0 unspecified atom stereocenters. The van der Waals surface area contributed by atoms with Crippen molar-refractivity contribution in [1.29, 1.82) is 0 Å². The number of nitrogens with one attached hydrogen (secondary N) is 1. The van der Waals surface area contributed by atoms with Crippen LogP contribution < -0.4 is 5.32 Å². The van der Waals surface area contributed by atoms with E-state index in [0.717, 1.165) is 0 Å². The molecule has 0 bridgehead atoms. The van der Waals surface area contributed by atoms with E-state index >= 15 is 0 Å². The predicted octanol–water partition coefficient (Wildman–Crippen LogP) is 1.07. The second-order valence-corrected chi connectivity index (χ2v) is 4.24. The van der Waals surface area contributed by atoms with Crippen molar-refractivity contribution in [3.63, 3.8) is 0 Å². The Morgan fingerprint density at radius 2 is 1.33 bits per heavy atom. The van der Waals surface area contributed by atoms with Crippen LogP contribution in [0.1, 0.15) is 11.1 Å². The first-order valence-corrected chi connectivity index (χ1v) is 7.40. The number of hydrogen-bond acceptors (Lipinski definition) is 3. The van der Waals surface area contributed by atoms with Crippen molar-refractivity contribution in [3.8, 4) is 0 Å². The number of benzene rings is 1. The van der Waals surface area contributed by atoms with E-state index in [1.54, 1.807) is 0 Å². The molecule has 1 aromatic carbocycles. The third-order valence-corrected chi connectivity index (χ3v) is 1.80. The molecule has 0 spiro atoms. The molecule has 9 heteroatoms. The molecule has 0 fully saturated rings. The third kappa shape index (κ3) is 15.3. The average Bonchev–Trinajstić information content (AvgIpc) is 2.20. The Labute approximate surface area is 107 Å². The molecular weight excluding hydrogens is 280 g/mol. The fourth-order valence-electron chi connectivity index (χ4n) is 0.897. The van der Waals surface area contributed by atoms with E-state index in [0.29, 0.717) is 0 Å². The molecule has 106 valence electrons. The summed E-state index contributed by atoms with van der Waals surface area (Å²) in [5.74, 6) is 0. The van der Waals surface area contributed by atoms with E-state index in [2.05, 4.69) is 37.4 Å². The maximum absolute atomic E-state index is 8.74. The zero-order valence-electron chi connectivity index (χ0n) is 10.3. The van der Waals surface area contributed by atoms with Crippen LogP contribution in [0, 0.1) is 13.8 Å². The molecule has 0 aliphatic heterocycles. The molecule has 7 nitrogen and oxygen atoms in total. The lowest BCUT2D eigenvalue weighted by Crippen LogP contribution is -1.89. The molecule has 5 N–H and O–H groups in total. The quantitative estimate of drug-likeness (QED) is 0.491. The second kappa shape index (κ2) is 11.4. The van der Waals surface area contributed by atoms with Crippen LogP contribution in [-0.2, 0) is 9.13 Å². The fourth-order valence-corrected chi connectivity index (χ4v) is 0.897. The maximum Gasteiger partial charge on any atom is 0.314 e. The van der Waals surface area contributed by atoms with Crippen LogP contribution in [0.2, 0.25) is 0 Å². The first-order valence-electron chi connectivity index (χ1n) is 4.79. The molecule has 1 aromatic rings. The van der Waals surface area contributed by atoms with Crippen molar-refractivity contribution in [2.75, 3.05) is 12.4 Å². The molecule has 0 radical (unpaired) electrons. The summed E-state index contributed by atoms with van der Waals surface area (Å²) in [6.45, 7) is 4.24. The van der Waals surface area contributed by atoms with E-state index in [4.69, 9.17) is 28.7 Å². The van der Waals surface area contributed by atoms with Gasteiger partial charge in [0.05, 0.1) is 0 Å². The summed E-state index contributed by atoms with van der Waals surface area (Å²) in [7, 11) is -4.32. The van der Waals surface area contributed by atoms with E-state index in [1.807, 2.05) is 7.05 Å². The summed E-state index contributed by atoms with van der Waals surface area (Å²) in [4.78, 5) is 28.6. The lowest BCUT2D eigenvalue weighted by Gasteiger charge is -2.02. The van der Waals surface area contributed by atoms with Gasteiger partial charge in [-0.3, -0.25) is 9.13 Å². The van der Waals surface area contributed by atoms with Gasteiger partial charge in [0.2, 0.25) is 0 Å². The van der Waals surface area contributed by atoms with Crippen LogP contribution in [0.5, 0.6) is 0 Å². The van der Waals surface area contributed by atoms with Crippen LogP contribution in [0.3, 0.4) is 0 Å². The maximum atomic E-state index is 8.74. The SMILES string of the molecule is CNc1ccc(C)c(C)c1.O=[PH](O)O.O=[PH](O)O. The molecule has 0 aliphatic carbocycles. The van der Waals surface area contributed by atoms with E-state index in [9.17, 15) is 0 Å². The molecule has 0 aromatic heterocycles. The lowest BCUT2D eigenvalue weighted by molar-refractivity contribution is 0.403. The minimum atomic E-state index is -3.13. The van der Waals surface area contributed by atoms with Crippen molar-refractivity contribution in [1.82, 2.24) is 0 Å². The van der Waals surface area contributed by atoms with E-state index in [-0.39, 0.29) is 0 Å². The Bertz CT molecular complexity index is 379. The van der Waals surface area contributed by atoms with Gasteiger partial charge in [-0.15, -0.1) is 0 Å². The standard InChI is InChI=1S/C9H13N.2H3O3P/c1-7-4-5-9(10-3)6-8(7)2;2*1-4(2)3/h4-6,10H,1-3H3;2*4H,(H2,1,2,3). The van der Waals surface area contributed by atoms with Gasteiger partial charge in [-0.05, 0) is 37.1 Å². The van der Waals surface area contributed by atoms with Gasteiger partial charge in [0.25, 0.3) is 0 Å². The van der Waals surface area contributed by atoms with Crippen LogP contribution >= 0.6 is 16.5 Å². The molecule has 0 amide bonds.